The Morgan fingerprint density at radius 1 is 1.05 bits per heavy atom. The Balaban J connectivity index is 2.54. The lowest BCUT2D eigenvalue weighted by atomic mass is 9.97. The van der Waals surface area contributed by atoms with Crippen LogP contribution in [-0.4, -0.2) is 12.2 Å². The van der Waals surface area contributed by atoms with Gasteiger partial charge in [-0.25, -0.2) is 0 Å². The largest absolute Gasteiger partial charge is 0.497 e. The lowest BCUT2D eigenvalue weighted by molar-refractivity contribution is -0.137. The predicted molar refractivity (Wildman–Crippen MR) is 69.4 cm³/mol. The second-order valence-corrected chi connectivity index (χ2v) is 4.26. The van der Waals surface area contributed by atoms with Crippen LogP contribution >= 0.6 is 0 Å². The Hall–Kier alpha value is -2.01. The van der Waals surface area contributed by atoms with Gasteiger partial charge in [0.25, 0.3) is 0 Å². The second-order valence-electron chi connectivity index (χ2n) is 4.26. The molecule has 0 aliphatic carbocycles. The summed E-state index contributed by atoms with van der Waals surface area (Å²) in [6.45, 7) is -0.425. The summed E-state index contributed by atoms with van der Waals surface area (Å²) < 4.78 is 44.3. The molecule has 0 fully saturated rings. The molecule has 0 radical (unpaired) electrons. The van der Waals surface area contributed by atoms with Gasteiger partial charge in [-0.1, -0.05) is 24.3 Å². The van der Waals surface area contributed by atoms with Crippen LogP contribution in [0.5, 0.6) is 5.75 Å². The van der Waals surface area contributed by atoms with Crippen molar-refractivity contribution in [1.29, 1.82) is 0 Å². The molecule has 106 valence electrons. The Kier molecular flexibility index (Phi) is 3.99. The van der Waals surface area contributed by atoms with Crippen molar-refractivity contribution in [2.24, 2.45) is 0 Å². The summed E-state index contributed by atoms with van der Waals surface area (Å²) in [7, 11) is 1.49. The minimum absolute atomic E-state index is 0.0809. The molecule has 1 N–H and O–H groups in total. The third kappa shape index (κ3) is 2.93. The van der Waals surface area contributed by atoms with E-state index in [9.17, 15) is 13.2 Å². The van der Waals surface area contributed by atoms with Crippen molar-refractivity contribution in [3.8, 4) is 16.9 Å². The lowest BCUT2D eigenvalue weighted by Crippen LogP contribution is -2.08. The minimum atomic E-state index is -4.47. The molecule has 0 saturated heterocycles. The number of aliphatic hydroxyl groups excluding tert-OH is 1. The van der Waals surface area contributed by atoms with E-state index in [1.165, 1.54) is 19.2 Å². The van der Waals surface area contributed by atoms with Crippen molar-refractivity contribution in [1.82, 2.24) is 0 Å². The fraction of sp³-hybridized carbons (Fsp3) is 0.200. The van der Waals surface area contributed by atoms with Gasteiger partial charge >= 0.3 is 6.18 Å². The number of ether oxygens (including phenoxy) is 1. The number of hydrogen-bond acceptors (Lipinski definition) is 2. The summed E-state index contributed by atoms with van der Waals surface area (Å²) >= 11 is 0. The van der Waals surface area contributed by atoms with E-state index in [1.807, 2.05) is 0 Å². The van der Waals surface area contributed by atoms with Crippen LogP contribution in [0.4, 0.5) is 13.2 Å². The van der Waals surface area contributed by atoms with E-state index in [1.54, 1.807) is 24.3 Å². The van der Waals surface area contributed by atoms with Gasteiger partial charge in [0.2, 0.25) is 0 Å². The smallest absolute Gasteiger partial charge is 0.417 e. The van der Waals surface area contributed by atoms with E-state index < -0.39 is 18.3 Å². The number of aliphatic hydroxyl groups is 1. The van der Waals surface area contributed by atoms with Crippen LogP contribution in [0.25, 0.3) is 11.1 Å². The molecule has 20 heavy (non-hydrogen) atoms. The van der Waals surface area contributed by atoms with Gasteiger partial charge in [0.15, 0.2) is 0 Å². The van der Waals surface area contributed by atoms with Gasteiger partial charge in [0.1, 0.15) is 5.75 Å². The first-order valence-electron chi connectivity index (χ1n) is 5.91. The number of benzene rings is 2. The van der Waals surface area contributed by atoms with E-state index in [2.05, 4.69) is 0 Å². The highest BCUT2D eigenvalue weighted by Crippen LogP contribution is 2.38. The van der Waals surface area contributed by atoms with Crippen LogP contribution in [0.2, 0.25) is 0 Å². The Labute approximate surface area is 114 Å². The zero-order chi connectivity index (χ0) is 14.8. The quantitative estimate of drug-likeness (QED) is 0.926. The van der Waals surface area contributed by atoms with E-state index in [4.69, 9.17) is 9.84 Å². The Morgan fingerprint density at radius 2 is 1.70 bits per heavy atom. The van der Waals surface area contributed by atoms with Gasteiger partial charge in [-0.15, -0.1) is 0 Å². The van der Waals surface area contributed by atoms with Gasteiger partial charge < -0.3 is 9.84 Å². The van der Waals surface area contributed by atoms with Gasteiger partial charge in [0.05, 0.1) is 19.3 Å². The summed E-state index contributed by atoms with van der Waals surface area (Å²) in [4.78, 5) is 0. The number of methoxy groups -OCH3 is 1. The highest BCUT2D eigenvalue weighted by Gasteiger charge is 2.33. The van der Waals surface area contributed by atoms with E-state index in [0.29, 0.717) is 11.3 Å². The van der Waals surface area contributed by atoms with Crippen molar-refractivity contribution in [2.45, 2.75) is 12.8 Å². The third-order valence-corrected chi connectivity index (χ3v) is 2.97. The van der Waals surface area contributed by atoms with Crippen LogP contribution < -0.4 is 4.74 Å². The first-order chi connectivity index (χ1) is 9.45. The van der Waals surface area contributed by atoms with Crippen LogP contribution in [0.3, 0.4) is 0 Å². The van der Waals surface area contributed by atoms with Crippen LogP contribution in [0, 0.1) is 0 Å². The summed E-state index contributed by atoms with van der Waals surface area (Å²) in [6, 6.07) is 10.2. The maximum absolute atomic E-state index is 13.1. The third-order valence-electron chi connectivity index (χ3n) is 2.97. The fourth-order valence-electron chi connectivity index (χ4n) is 1.95. The van der Waals surface area contributed by atoms with Gasteiger partial charge in [-0.2, -0.15) is 13.2 Å². The maximum Gasteiger partial charge on any atom is 0.417 e. The number of rotatable bonds is 3. The molecule has 0 heterocycles. The zero-order valence-electron chi connectivity index (χ0n) is 10.7. The standard InChI is InChI=1S/C15H13F3O2/c1-20-12-5-3-11(4-6-12)13-7-2-10(9-19)8-14(13)15(16,17)18/h2-8,19H,9H2,1H3. The molecule has 2 nitrogen and oxygen atoms in total. The predicted octanol–water partition coefficient (Wildman–Crippen LogP) is 3.87. The van der Waals surface area contributed by atoms with Crippen molar-refractivity contribution in [3.05, 3.63) is 53.6 Å². The van der Waals surface area contributed by atoms with Crippen molar-refractivity contribution in [3.63, 3.8) is 0 Å². The SMILES string of the molecule is COc1ccc(-c2ccc(CO)cc2C(F)(F)F)cc1. The molecule has 2 aromatic carbocycles. The summed E-state index contributed by atoms with van der Waals surface area (Å²) in [5.41, 5.74) is 0.00349. The number of alkyl halides is 3. The molecule has 0 amide bonds. The van der Waals surface area contributed by atoms with Crippen LogP contribution in [0.1, 0.15) is 11.1 Å². The number of halogens is 3. The molecule has 0 atom stereocenters. The average molecular weight is 282 g/mol. The second kappa shape index (κ2) is 5.54. The molecule has 0 aromatic heterocycles. The molecule has 0 bridgehead atoms. The summed E-state index contributed by atoms with van der Waals surface area (Å²) in [5.74, 6) is 0.578. The molecule has 0 saturated carbocycles. The molecule has 0 spiro atoms. The molecule has 2 aromatic rings. The zero-order valence-corrected chi connectivity index (χ0v) is 10.7. The highest BCUT2D eigenvalue weighted by molar-refractivity contribution is 5.69. The maximum atomic E-state index is 13.1. The molecular formula is C15H13F3O2. The normalized spacial score (nSPS) is 11.4. The number of hydrogen-bond donors (Lipinski definition) is 1. The van der Waals surface area contributed by atoms with Gasteiger partial charge in [-0.05, 0) is 34.9 Å². The molecule has 0 aliphatic heterocycles. The highest BCUT2D eigenvalue weighted by atomic mass is 19.4. The molecule has 0 aliphatic rings. The van der Waals surface area contributed by atoms with Crippen LogP contribution in [0.15, 0.2) is 42.5 Å². The average Bonchev–Trinajstić information content (AvgIpc) is 2.46. The van der Waals surface area contributed by atoms with Gasteiger partial charge in [0, 0.05) is 0 Å². The molecule has 0 unspecified atom stereocenters. The van der Waals surface area contributed by atoms with Crippen molar-refractivity contribution >= 4 is 0 Å². The fourth-order valence-corrected chi connectivity index (χ4v) is 1.95. The molecule has 5 heteroatoms. The van der Waals surface area contributed by atoms with E-state index >= 15 is 0 Å². The minimum Gasteiger partial charge on any atom is -0.497 e. The molecular weight excluding hydrogens is 269 g/mol. The summed E-state index contributed by atoms with van der Waals surface area (Å²) in [5, 5.41) is 8.97. The monoisotopic (exact) mass is 282 g/mol. The molecule has 2 rings (SSSR count). The lowest BCUT2D eigenvalue weighted by Gasteiger charge is -2.14. The Morgan fingerprint density at radius 3 is 2.20 bits per heavy atom. The first kappa shape index (κ1) is 14.4. The Bertz CT molecular complexity index is 589. The van der Waals surface area contributed by atoms with Crippen LogP contribution in [-0.2, 0) is 12.8 Å². The van der Waals surface area contributed by atoms with Crippen molar-refractivity contribution < 1.29 is 23.0 Å². The van der Waals surface area contributed by atoms with E-state index in [0.717, 1.165) is 6.07 Å². The summed E-state index contributed by atoms with van der Waals surface area (Å²) in [6.07, 6.45) is -4.47. The topological polar surface area (TPSA) is 29.5 Å². The van der Waals surface area contributed by atoms with E-state index in [-0.39, 0.29) is 11.1 Å². The first-order valence-corrected chi connectivity index (χ1v) is 5.91. The van der Waals surface area contributed by atoms with Crippen molar-refractivity contribution in [2.75, 3.05) is 7.11 Å². The van der Waals surface area contributed by atoms with Gasteiger partial charge in [-0.3, -0.25) is 0 Å².